The minimum absolute atomic E-state index is 0.284. The zero-order valence-corrected chi connectivity index (χ0v) is 12.0. The fraction of sp³-hybridized carbons (Fsp3) is 0.0625. The predicted octanol–water partition coefficient (Wildman–Crippen LogP) is 3.77. The van der Waals surface area contributed by atoms with Gasteiger partial charge in [-0.05, 0) is 24.3 Å². The van der Waals surface area contributed by atoms with Crippen LogP contribution < -0.4 is 0 Å². The van der Waals surface area contributed by atoms with E-state index in [1.807, 2.05) is 6.07 Å². The molecule has 3 heterocycles. The summed E-state index contributed by atoms with van der Waals surface area (Å²) in [5.41, 5.74) is 1.23. The molecule has 0 unspecified atom stereocenters. The van der Waals surface area contributed by atoms with Crippen molar-refractivity contribution in [2.24, 2.45) is 0 Å². The molecular formula is C16H8F3N5. The van der Waals surface area contributed by atoms with E-state index in [-0.39, 0.29) is 5.52 Å². The maximum atomic E-state index is 13.2. The number of nitrogens with zero attached hydrogens (tertiary/aromatic N) is 4. The first-order valence-corrected chi connectivity index (χ1v) is 6.89. The third-order valence-corrected chi connectivity index (χ3v) is 3.80. The lowest BCUT2D eigenvalue weighted by molar-refractivity contribution is -0.137. The number of pyridine rings is 1. The van der Waals surface area contributed by atoms with E-state index >= 15 is 0 Å². The van der Waals surface area contributed by atoms with Gasteiger partial charge in [-0.2, -0.15) is 23.5 Å². The van der Waals surface area contributed by atoms with E-state index in [1.165, 1.54) is 12.4 Å². The summed E-state index contributed by atoms with van der Waals surface area (Å²) >= 11 is 0. The molecular weight excluding hydrogens is 319 g/mol. The molecule has 0 bridgehead atoms. The summed E-state index contributed by atoms with van der Waals surface area (Å²) in [5, 5.41) is 16.0. The van der Waals surface area contributed by atoms with Crippen LogP contribution >= 0.6 is 0 Å². The topological polar surface area (TPSA) is 69.8 Å². The first kappa shape index (κ1) is 14.3. The summed E-state index contributed by atoms with van der Waals surface area (Å²) in [7, 11) is 0. The number of fused-ring (bicyclic) bond motifs is 2. The molecule has 4 aromatic rings. The number of H-pyrrole nitrogens is 1. The first-order chi connectivity index (χ1) is 11.5. The normalized spacial score (nSPS) is 11.9. The number of benzene rings is 1. The van der Waals surface area contributed by atoms with Crippen LogP contribution in [0.3, 0.4) is 0 Å². The number of aromatic amines is 1. The molecule has 4 rings (SSSR count). The van der Waals surface area contributed by atoms with Crippen molar-refractivity contribution in [1.82, 2.24) is 19.6 Å². The highest BCUT2D eigenvalue weighted by molar-refractivity contribution is 5.94. The molecule has 0 aliphatic heterocycles. The zero-order valence-electron chi connectivity index (χ0n) is 12.0. The largest absolute Gasteiger partial charge is 0.416 e. The standard InChI is InChI=1S/C16H8F3N5/c17-16(18,19)10-3-11(12-6-22-23-13(12)4-10)14-7-21-15-2-1-9(5-20)8-24(14)15/h1-4,6-8H,(H,22,23). The summed E-state index contributed by atoms with van der Waals surface area (Å²) in [5.74, 6) is 0. The Balaban J connectivity index is 2.06. The number of rotatable bonds is 1. The van der Waals surface area contributed by atoms with E-state index in [0.29, 0.717) is 27.9 Å². The quantitative estimate of drug-likeness (QED) is 0.578. The van der Waals surface area contributed by atoms with Crippen LogP contribution in [0.25, 0.3) is 27.8 Å². The van der Waals surface area contributed by atoms with Crippen molar-refractivity contribution in [3.05, 3.63) is 54.0 Å². The Labute approximate surface area is 133 Å². The van der Waals surface area contributed by atoms with Gasteiger partial charge < -0.3 is 0 Å². The van der Waals surface area contributed by atoms with Gasteiger partial charge in [0.25, 0.3) is 0 Å². The lowest BCUT2D eigenvalue weighted by Gasteiger charge is -2.10. The van der Waals surface area contributed by atoms with E-state index < -0.39 is 11.7 Å². The van der Waals surface area contributed by atoms with Crippen LogP contribution in [-0.2, 0) is 6.18 Å². The second-order valence-electron chi connectivity index (χ2n) is 5.25. The van der Waals surface area contributed by atoms with Crippen molar-refractivity contribution in [1.29, 1.82) is 5.26 Å². The zero-order chi connectivity index (χ0) is 16.9. The molecule has 0 radical (unpaired) electrons. The molecule has 0 aliphatic rings. The van der Waals surface area contributed by atoms with Crippen LogP contribution in [0.1, 0.15) is 11.1 Å². The summed E-state index contributed by atoms with van der Waals surface area (Å²) in [6.45, 7) is 0. The molecule has 0 saturated carbocycles. The van der Waals surface area contributed by atoms with Crippen LogP contribution in [0, 0.1) is 11.3 Å². The van der Waals surface area contributed by atoms with E-state index in [2.05, 4.69) is 15.2 Å². The number of hydrogen-bond acceptors (Lipinski definition) is 3. The van der Waals surface area contributed by atoms with Gasteiger partial charge in [0, 0.05) is 17.1 Å². The first-order valence-electron chi connectivity index (χ1n) is 6.89. The highest BCUT2D eigenvalue weighted by atomic mass is 19.4. The van der Waals surface area contributed by atoms with Crippen LogP contribution in [0.2, 0.25) is 0 Å². The second-order valence-corrected chi connectivity index (χ2v) is 5.25. The number of aromatic nitrogens is 4. The van der Waals surface area contributed by atoms with Crippen LogP contribution in [-0.4, -0.2) is 19.6 Å². The fourth-order valence-corrected chi connectivity index (χ4v) is 2.67. The summed E-state index contributed by atoms with van der Waals surface area (Å²) in [6, 6.07) is 7.35. The number of nitriles is 1. The monoisotopic (exact) mass is 327 g/mol. The van der Waals surface area contributed by atoms with E-state index in [4.69, 9.17) is 5.26 Å². The Morgan fingerprint density at radius 1 is 1.17 bits per heavy atom. The van der Waals surface area contributed by atoms with Crippen molar-refractivity contribution in [3.8, 4) is 17.3 Å². The lowest BCUT2D eigenvalue weighted by Crippen LogP contribution is -2.05. The van der Waals surface area contributed by atoms with Crippen LogP contribution in [0.5, 0.6) is 0 Å². The van der Waals surface area contributed by atoms with E-state index in [9.17, 15) is 13.2 Å². The molecule has 0 atom stereocenters. The van der Waals surface area contributed by atoms with Gasteiger partial charge in [-0.1, -0.05) is 0 Å². The molecule has 0 aliphatic carbocycles. The molecule has 1 aromatic carbocycles. The summed E-state index contributed by atoms with van der Waals surface area (Å²) in [6.07, 6.45) is 0.0208. The van der Waals surface area contributed by atoms with E-state index in [1.54, 1.807) is 22.7 Å². The Morgan fingerprint density at radius 2 is 2.00 bits per heavy atom. The maximum Gasteiger partial charge on any atom is 0.416 e. The van der Waals surface area contributed by atoms with Crippen LogP contribution in [0.4, 0.5) is 13.2 Å². The average Bonchev–Trinajstić information content (AvgIpc) is 3.18. The molecule has 24 heavy (non-hydrogen) atoms. The van der Waals surface area contributed by atoms with Crippen molar-refractivity contribution < 1.29 is 13.2 Å². The van der Waals surface area contributed by atoms with Crippen molar-refractivity contribution in [3.63, 3.8) is 0 Å². The van der Waals surface area contributed by atoms with Crippen molar-refractivity contribution >= 4 is 16.6 Å². The average molecular weight is 327 g/mol. The minimum atomic E-state index is -4.48. The highest BCUT2D eigenvalue weighted by Crippen LogP contribution is 2.36. The third kappa shape index (κ3) is 2.10. The van der Waals surface area contributed by atoms with Crippen molar-refractivity contribution in [2.75, 3.05) is 0 Å². The van der Waals surface area contributed by atoms with Gasteiger partial charge in [0.15, 0.2) is 0 Å². The molecule has 0 amide bonds. The molecule has 8 heteroatoms. The van der Waals surface area contributed by atoms with Gasteiger partial charge in [0.2, 0.25) is 0 Å². The number of imidazole rings is 1. The van der Waals surface area contributed by atoms with Crippen molar-refractivity contribution in [2.45, 2.75) is 6.18 Å². The molecule has 5 nitrogen and oxygen atoms in total. The summed E-state index contributed by atoms with van der Waals surface area (Å²) < 4.78 is 41.1. The Bertz CT molecular complexity index is 1110. The number of hydrogen-bond donors (Lipinski definition) is 1. The third-order valence-electron chi connectivity index (χ3n) is 3.80. The predicted molar refractivity (Wildman–Crippen MR) is 80.0 cm³/mol. The van der Waals surface area contributed by atoms with Gasteiger partial charge in [0.1, 0.15) is 11.7 Å². The second kappa shape index (κ2) is 4.83. The van der Waals surface area contributed by atoms with Gasteiger partial charge in [-0.3, -0.25) is 9.50 Å². The number of alkyl halides is 3. The lowest BCUT2D eigenvalue weighted by atomic mass is 10.0. The Kier molecular flexibility index (Phi) is 2.87. The molecule has 0 saturated heterocycles. The van der Waals surface area contributed by atoms with Gasteiger partial charge in [-0.15, -0.1) is 0 Å². The maximum absolute atomic E-state index is 13.2. The molecule has 0 fully saturated rings. The molecule has 0 spiro atoms. The van der Waals surface area contributed by atoms with Gasteiger partial charge in [0.05, 0.1) is 34.7 Å². The Morgan fingerprint density at radius 3 is 2.75 bits per heavy atom. The summed E-state index contributed by atoms with van der Waals surface area (Å²) in [4.78, 5) is 4.20. The SMILES string of the molecule is N#Cc1ccc2ncc(-c3cc(C(F)(F)F)cc4[nH]ncc34)n2c1. The highest BCUT2D eigenvalue weighted by Gasteiger charge is 2.32. The molecule has 3 aromatic heterocycles. The fourth-order valence-electron chi connectivity index (χ4n) is 2.67. The van der Waals surface area contributed by atoms with Gasteiger partial charge >= 0.3 is 6.18 Å². The van der Waals surface area contributed by atoms with E-state index in [0.717, 1.165) is 12.1 Å². The Hall–Kier alpha value is -3.34. The smallest absolute Gasteiger partial charge is 0.298 e. The van der Waals surface area contributed by atoms with Crippen LogP contribution in [0.15, 0.2) is 42.9 Å². The van der Waals surface area contributed by atoms with Gasteiger partial charge in [-0.25, -0.2) is 4.98 Å². The molecule has 118 valence electrons. The molecule has 1 N–H and O–H groups in total. The number of halogens is 3. The minimum Gasteiger partial charge on any atom is -0.298 e. The number of nitrogens with one attached hydrogen (secondary N) is 1.